The summed E-state index contributed by atoms with van der Waals surface area (Å²) in [7, 11) is 0. The van der Waals surface area contributed by atoms with Crippen molar-refractivity contribution in [2.75, 3.05) is 159 Å². The summed E-state index contributed by atoms with van der Waals surface area (Å²) in [5.74, 6) is -4.81. The van der Waals surface area contributed by atoms with E-state index in [0.29, 0.717) is 126 Å². The molecule has 51 heavy (non-hydrogen) atoms. The summed E-state index contributed by atoms with van der Waals surface area (Å²) in [6, 6.07) is 0. The first-order valence-electron chi connectivity index (χ1n) is 16.6. The maximum absolute atomic E-state index is 11.4. The van der Waals surface area contributed by atoms with Crippen LogP contribution in [0.2, 0.25) is 0 Å². The van der Waals surface area contributed by atoms with Crippen molar-refractivity contribution in [1.29, 1.82) is 0 Å². The zero-order valence-corrected chi connectivity index (χ0v) is 29.2. The van der Waals surface area contributed by atoms with E-state index < -0.39 is 42.6 Å². The maximum atomic E-state index is 11.4. The average molecular weight is 746 g/mol. The van der Waals surface area contributed by atoms with E-state index in [9.17, 15) is 24.0 Å². The minimum absolute atomic E-state index is 0.00303. The van der Waals surface area contributed by atoms with E-state index in [-0.39, 0.29) is 32.8 Å². The number of Topliss-reactive ketones (excluding diaryl/α,β-unsaturated/α-hetero) is 1. The van der Waals surface area contributed by atoms with Gasteiger partial charge < -0.3 is 72.4 Å². The number of aliphatic carboxylic acids is 2. The van der Waals surface area contributed by atoms with Crippen LogP contribution in [0.5, 0.6) is 0 Å². The van der Waals surface area contributed by atoms with Crippen molar-refractivity contribution in [2.45, 2.75) is 12.8 Å². The molecule has 0 rings (SSSR count). The molecule has 0 fully saturated rings. The molecular formula is C31H55NO19. The summed E-state index contributed by atoms with van der Waals surface area (Å²) in [5.41, 5.74) is 0. The van der Waals surface area contributed by atoms with Crippen LogP contribution in [0.4, 0.5) is 0 Å². The number of carboxylic acids is 2. The number of amides is 1. The van der Waals surface area contributed by atoms with Gasteiger partial charge in [-0.3, -0.25) is 14.4 Å². The molecule has 0 aliphatic heterocycles. The minimum Gasteiger partial charge on any atom is -0.480 e. The number of carbonyl (C=O) groups excluding carboxylic acids is 3. The lowest BCUT2D eigenvalue weighted by molar-refractivity contribution is -0.151. The molecule has 0 aliphatic rings. The van der Waals surface area contributed by atoms with Crippen molar-refractivity contribution in [2.24, 2.45) is 0 Å². The van der Waals surface area contributed by atoms with Crippen molar-refractivity contribution < 1.29 is 91.0 Å². The average Bonchev–Trinajstić information content (AvgIpc) is 3.10. The smallest absolute Gasteiger partial charge is 0.372 e. The van der Waals surface area contributed by atoms with Gasteiger partial charge in [-0.15, -0.1) is 0 Å². The molecule has 0 bridgehead atoms. The standard InChI is InChI=1S/C31H55NO19/c33-27(31(38)39)1-2-30(37)51-24-23-49-22-21-48-20-19-47-18-17-46-16-15-45-14-13-44-12-11-43-10-9-42-8-7-41-6-5-40-4-3-32-28(34)25-50-26-29(35)36/h1-26H2,(H,32,34)(H,35,36)(H,38,39). The number of hydrogen-bond donors (Lipinski definition) is 3. The number of rotatable bonds is 41. The van der Waals surface area contributed by atoms with Crippen LogP contribution < -0.4 is 5.32 Å². The predicted octanol–water partition coefficient (Wildman–Crippen LogP) is -1.65. The van der Waals surface area contributed by atoms with Crippen molar-refractivity contribution in [3.8, 4) is 0 Å². The zero-order valence-electron chi connectivity index (χ0n) is 29.2. The molecule has 1 amide bonds. The van der Waals surface area contributed by atoms with E-state index in [4.69, 9.17) is 62.3 Å². The third-order valence-electron chi connectivity index (χ3n) is 5.66. The molecule has 0 saturated carbocycles. The quantitative estimate of drug-likeness (QED) is 0.0360. The Labute approximate surface area is 297 Å². The summed E-state index contributed by atoms with van der Waals surface area (Å²) < 4.78 is 63.3. The second-order valence-electron chi connectivity index (χ2n) is 9.81. The number of esters is 1. The lowest BCUT2D eigenvalue weighted by Gasteiger charge is -2.09. The molecule has 0 spiro atoms. The molecular weight excluding hydrogens is 690 g/mol. The van der Waals surface area contributed by atoms with Crippen LogP contribution in [0.15, 0.2) is 0 Å². The molecule has 0 aromatic carbocycles. The molecule has 298 valence electrons. The lowest BCUT2D eigenvalue weighted by Crippen LogP contribution is -2.31. The van der Waals surface area contributed by atoms with Gasteiger partial charge in [-0.05, 0) is 0 Å². The topological polar surface area (TPSA) is 249 Å². The third kappa shape index (κ3) is 39.7. The monoisotopic (exact) mass is 745 g/mol. The molecule has 0 atom stereocenters. The fraction of sp³-hybridized carbons (Fsp3) is 0.839. The summed E-state index contributed by atoms with van der Waals surface area (Å²) in [4.78, 5) is 54.3. The Kier molecular flexibility index (Phi) is 36.2. The first-order valence-corrected chi connectivity index (χ1v) is 16.6. The van der Waals surface area contributed by atoms with Crippen LogP contribution in [-0.4, -0.2) is 198 Å². The molecule has 0 aromatic heterocycles. The molecule has 20 heteroatoms. The Bertz CT molecular complexity index is 878. The van der Waals surface area contributed by atoms with E-state index in [0.717, 1.165) is 0 Å². The molecule has 0 aromatic rings. The van der Waals surface area contributed by atoms with E-state index in [1.165, 1.54) is 0 Å². The van der Waals surface area contributed by atoms with Crippen molar-refractivity contribution in [3.05, 3.63) is 0 Å². The Morgan fingerprint density at radius 1 is 0.392 bits per heavy atom. The normalized spacial score (nSPS) is 11.1. The number of carbonyl (C=O) groups is 5. The first kappa shape index (κ1) is 48.1. The summed E-state index contributed by atoms with van der Waals surface area (Å²) in [5, 5.41) is 19.4. The number of ketones is 1. The fourth-order valence-electron chi connectivity index (χ4n) is 3.24. The highest BCUT2D eigenvalue weighted by Gasteiger charge is 2.14. The van der Waals surface area contributed by atoms with Crippen molar-refractivity contribution in [3.63, 3.8) is 0 Å². The molecule has 0 saturated heterocycles. The van der Waals surface area contributed by atoms with Gasteiger partial charge in [-0.2, -0.15) is 0 Å². The Morgan fingerprint density at radius 3 is 1.06 bits per heavy atom. The molecule has 3 N–H and O–H groups in total. The van der Waals surface area contributed by atoms with E-state index >= 15 is 0 Å². The van der Waals surface area contributed by atoms with Crippen LogP contribution in [0.1, 0.15) is 12.8 Å². The van der Waals surface area contributed by atoms with Gasteiger partial charge >= 0.3 is 17.9 Å². The Hall–Kier alpha value is -2.89. The fourth-order valence-corrected chi connectivity index (χ4v) is 3.24. The lowest BCUT2D eigenvalue weighted by atomic mass is 10.2. The zero-order chi connectivity index (χ0) is 37.5. The number of carboxylic acid groups (broad SMARTS) is 2. The Balaban J connectivity index is 3.15. The van der Waals surface area contributed by atoms with Gasteiger partial charge in [0.1, 0.15) is 19.8 Å². The Morgan fingerprint density at radius 2 is 0.725 bits per heavy atom. The highest BCUT2D eigenvalue weighted by atomic mass is 16.6. The van der Waals surface area contributed by atoms with Gasteiger partial charge in [-0.1, -0.05) is 0 Å². The number of ether oxygens (including phenoxy) is 12. The number of hydrogen-bond acceptors (Lipinski definition) is 17. The first-order chi connectivity index (χ1) is 24.8. The third-order valence-corrected chi connectivity index (χ3v) is 5.66. The molecule has 0 heterocycles. The predicted molar refractivity (Wildman–Crippen MR) is 172 cm³/mol. The second-order valence-corrected chi connectivity index (χ2v) is 9.81. The van der Waals surface area contributed by atoms with Gasteiger partial charge in [0.25, 0.3) is 0 Å². The minimum atomic E-state index is -1.57. The molecule has 0 unspecified atom stereocenters. The van der Waals surface area contributed by atoms with E-state index in [1.54, 1.807) is 0 Å². The summed E-state index contributed by atoms with van der Waals surface area (Å²) >= 11 is 0. The van der Waals surface area contributed by atoms with Gasteiger partial charge in [0.2, 0.25) is 11.7 Å². The highest BCUT2D eigenvalue weighted by molar-refractivity contribution is 6.32. The molecule has 0 aliphatic carbocycles. The van der Waals surface area contributed by atoms with Gasteiger partial charge in [0.05, 0.1) is 139 Å². The van der Waals surface area contributed by atoms with Crippen LogP contribution in [0, 0.1) is 0 Å². The van der Waals surface area contributed by atoms with Gasteiger partial charge in [-0.25, -0.2) is 9.59 Å². The van der Waals surface area contributed by atoms with E-state index in [1.807, 2.05) is 0 Å². The maximum Gasteiger partial charge on any atom is 0.372 e. The van der Waals surface area contributed by atoms with E-state index in [2.05, 4.69) is 10.1 Å². The summed E-state index contributed by atoms with van der Waals surface area (Å²) in [6.45, 7) is 7.31. The van der Waals surface area contributed by atoms with Crippen molar-refractivity contribution >= 4 is 29.6 Å². The van der Waals surface area contributed by atoms with Crippen LogP contribution in [0.25, 0.3) is 0 Å². The largest absolute Gasteiger partial charge is 0.480 e. The van der Waals surface area contributed by atoms with Crippen LogP contribution in [0.3, 0.4) is 0 Å². The molecule has 0 radical (unpaired) electrons. The number of nitrogens with one attached hydrogen (secondary N) is 1. The van der Waals surface area contributed by atoms with Crippen LogP contribution >= 0.6 is 0 Å². The van der Waals surface area contributed by atoms with Gasteiger partial charge in [0, 0.05) is 13.0 Å². The summed E-state index contributed by atoms with van der Waals surface area (Å²) in [6.07, 6.45) is -0.678. The molecule has 20 nitrogen and oxygen atoms in total. The van der Waals surface area contributed by atoms with Gasteiger partial charge in [0.15, 0.2) is 0 Å². The van der Waals surface area contributed by atoms with Crippen molar-refractivity contribution in [1.82, 2.24) is 5.32 Å². The SMILES string of the molecule is O=C(O)COCC(=O)NCCOCCOCCOCCOCCOCCOCCOCCOCCOCCOCCOC(=O)CCC(=O)C(=O)O. The van der Waals surface area contributed by atoms with Crippen LogP contribution in [-0.2, 0) is 80.8 Å². The second kappa shape index (κ2) is 38.3. The highest BCUT2D eigenvalue weighted by Crippen LogP contribution is 1.95.